The van der Waals surface area contributed by atoms with Gasteiger partial charge in [-0.3, -0.25) is 9.10 Å². The predicted octanol–water partition coefficient (Wildman–Crippen LogP) is 4.42. The Hall–Kier alpha value is -3.19. The zero-order valence-electron chi connectivity index (χ0n) is 16.9. The number of sulfonamides is 1. The summed E-state index contributed by atoms with van der Waals surface area (Å²) in [4.78, 5) is 12.3. The highest BCUT2D eigenvalue weighted by Gasteiger charge is 2.22. The number of esters is 1. The van der Waals surface area contributed by atoms with Gasteiger partial charge >= 0.3 is 5.97 Å². The number of hydrogen-bond donors (Lipinski definition) is 0. The number of benzene rings is 3. The van der Waals surface area contributed by atoms with Gasteiger partial charge in [-0.1, -0.05) is 24.3 Å². The number of hydrogen-bond acceptors (Lipinski definition) is 4. The van der Waals surface area contributed by atoms with Gasteiger partial charge in [-0.2, -0.15) is 0 Å². The van der Waals surface area contributed by atoms with Crippen molar-refractivity contribution in [1.82, 2.24) is 0 Å². The Labute approximate surface area is 175 Å². The average molecular weight is 427 g/mol. The zero-order valence-corrected chi connectivity index (χ0v) is 17.7. The first-order valence-corrected chi connectivity index (χ1v) is 10.7. The van der Waals surface area contributed by atoms with E-state index in [0.717, 1.165) is 11.1 Å². The maximum Gasteiger partial charge on any atom is 0.315 e. The summed E-state index contributed by atoms with van der Waals surface area (Å²) in [6.45, 7) is 3.78. The minimum atomic E-state index is -3.73. The summed E-state index contributed by atoms with van der Waals surface area (Å²) in [5.74, 6) is -0.830. The van der Waals surface area contributed by atoms with Gasteiger partial charge in [-0.15, -0.1) is 0 Å². The molecule has 3 rings (SSSR count). The van der Waals surface area contributed by atoms with E-state index in [0.29, 0.717) is 5.69 Å². The van der Waals surface area contributed by atoms with Crippen LogP contribution in [0, 0.1) is 19.7 Å². The molecular formula is C23H22FNO4S. The molecule has 0 aliphatic rings. The molecule has 0 atom stereocenters. The summed E-state index contributed by atoms with van der Waals surface area (Å²) >= 11 is 0. The van der Waals surface area contributed by atoms with Crippen molar-refractivity contribution >= 4 is 21.7 Å². The third-order valence-electron chi connectivity index (χ3n) is 4.86. The molecule has 156 valence electrons. The summed E-state index contributed by atoms with van der Waals surface area (Å²) in [7, 11) is -2.27. The number of anilines is 1. The molecule has 0 unspecified atom stereocenters. The number of carbonyl (C=O) groups is 1. The van der Waals surface area contributed by atoms with Crippen LogP contribution in [0.4, 0.5) is 10.1 Å². The van der Waals surface area contributed by atoms with E-state index in [1.165, 1.54) is 35.6 Å². The molecule has 0 amide bonds. The standard InChI is InChI=1S/C23H22FNO4S/c1-16-8-13-21(14-17(16)2)30(27,28)25(3)19-9-11-20(12-10-19)29-23(26)15-18-6-4-5-7-22(18)24/h4-14H,15H2,1-3H3. The van der Waals surface area contributed by atoms with E-state index < -0.39 is 21.8 Å². The SMILES string of the molecule is Cc1ccc(S(=O)(=O)N(C)c2ccc(OC(=O)Cc3ccccc3F)cc2)cc1C. The van der Waals surface area contributed by atoms with Crippen LogP contribution in [0.2, 0.25) is 0 Å². The Balaban J connectivity index is 1.72. The van der Waals surface area contributed by atoms with Gasteiger partial charge in [-0.25, -0.2) is 12.8 Å². The topological polar surface area (TPSA) is 63.7 Å². The Morgan fingerprint density at radius 1 is 0.967 bits per heavy atom. The van der Waals surface area contributed by atoms with Gasteiger partial charge in [0.2, 0.25) is 0 Å². The smallest absolute Gasteiger partial charge is 0.315 e. The second-order valence-corrected chi connectivity index (χ2v) is 8.92. The Kier molecular flexibility index (Phi) is 6.22. The predicted molar refractivity (Wildman–Crippen MR) is 114 cm³/mol. The number of aryl methyl sites for hydroxylation is 2. The quantitative estimate of drug-likeness (QED) is 0.432. The average Bonchev–Trinajstić information content (AvgIpc) is 2.71. The maximum atomic E-state index is 13.7. The van der Waals surface area contributed by atoms with Gasteiger partial charge < -0.3 is 4.74 Å². The molecule has 30 heavy (non-hydrogen) atoms. The number of rotatable bonds is 6. The van der Waals surface area contributed by atoms with E-state index >= 15 is 0 Å². The normalized spacial score (nSPS) is 11.2. The fraction of sp³-hybridized carbons (Fsp3) is 0.174. The van der Waals surface area contributed by atoms with Crippen LogP contribution in [0.1, 0.15) is 16.7 Å². The summed E-state index contributed by atoms with van der Waals surface area (Å²) in [6.07, 6.45) is -0.199. The van der Waals surface area contributed by atoms with Crippen molar-refractivity contribution in [3.8, 4) is 5.75 Å². The van der Waals surface area contributed by atoms with Crippen LogP contribution in [-0.2, 0) is 21.2 Å². The van der Waals surface area contributed by atoms with Gasteiger partial charge in [0.25, 0.3) is 10.0 Å². The van der Waals surface area contributed by atoms with Crippen molar-refractivity contribution in [2.75, 3.05) is 11.4 Å². The van der Waals surface area contributed by atoms with Crippen molar-refractivity contribution in [3.05, 3.63) is 89.2 Å². The molecule has 0 aliphatic heterocycles. The molecule has 0 aliphatic carbocycles. The number of nitrogens with zero attached hydrogens (tertiary/aromatic N) is 1. The molecule has 0 heterocycles. The zero-order chi connectivity index (χ0) is 21.9. The molecule has 0 saturated carbocycles. The first kappa shape index (κ1) is 21.5. The van der Waals surface area contributed by atoms with Crippen molar-refractivity contribution < 1.29 is 22.3 Å². The highest BCUT2D eigenvalue weighted by Crippen LogP contribution is 2.25. The van der Waals surface area contributed by atoms with Crippen LogP contribution < -0.4 is 9.04 Å². The van der Waals surface area contributed by atoms with Crippen LogP contribution in [0.25, 0.3) is 0 Å². The highest BCUT2D eigenvalue weighted by molar-refractivity contribution is 7.92. The first-order valence-electron chi connectivity index (χ1n) is 9.29. The highest BCUT2D eigenvalue weighted by atomic mass is 32.2. The third-order valence-corrected chi connectivity index (χ3v) is 6.64. The lowest BCUT2D eigenvalue weighted by molar-refractivity contribution is -0.133. The molecule has 0 bridgehead atoms. The third kappa shape index (κ3) is 4.68. The van der Waals surface area contributed by atoms with Crippen molar-refractivity contribution in [3.63, 3.8) is 0 Å². The Bertz CT molecular complexity index is 1170. The van der Waals surface area contributed by atoms with Gasteiger partial charge in [0.05, 0.1) is 17.0 Å². The van der Waals surface area contributed by atoms with Crippen LogP contribution in [0.3, 0.4) is 0 Å². The molecule has 0 N–H and O–H groups in total. The second-order valence-electron chi connectivity index (χ2n) is 6.95. The van der Waals surface area contributed by atoms with Crippen LogP contribution >= 0.6 is 0 Å². The summed E-state index contributed by atoms with van der Waals surface area (Å²) in [6, 6.07) is 17.1. The molecule has 3 aromatic carbocycles. The number of halogens is 1. The van der Waals surface area contributed by atoms with Crippen molar-refractivity contribution in [2.45, 2.75) is 25.2 Å². The largest absolute Gasteiger partial charge is 0.426 e. The van der Waals surface area contributed by atoms with E-state index in [2.05, 4.69) is 0 Å². The molecule has 5 nitrogen and oxygen atoms in total. The van der Waals surface area contributed by atoms with E-state index in [-0.39, 0.29) is 22.6 Å². The Morgan fingerprint density at radius 3 is 2.27 bits per heavy atom. The van der Waals surface area contributed by atoms with E-state index in [1.807, 2.05) is 13.8 Å². The fourth-order valence-corrected chi connectivity index (χ4v) is 4.14. The lowest BCUT2D eigenvalue weighted by Gasteiger charge is -2.20. The molecule has 0 saturated heterocycles. The van der Waals surface area contributed by atoms with Gasteiger partial charge in [0.15, 0.2) is 0 Å². The summed E-state index contributed by atoms with van der Waals surface area (Å²) < 4.78 is 45.9. The first-order chi connectivity index (χ1) is 14.2. The monoisotopic (exact) mass is 427 g/mol. The number of ether oxygens (including phenoxy) is 1. The molecular weight excluding hydrogens is 405 g/mol. The molecule has 0 fully saturated rings. The van der Waals surface area contributed by atoms with Crippen LogP contribution in [0.5, 0.6) is 5.75 Å². The van der Waals surface area contributed by atoms with E-state index in [4.69, 9.17) is 4.74 Å². The van der Waals surface area contributed by atoms with Crippen molar-refractivity contribution in [1.29, 1.82) is 0 Å². The van der Waals surface area contributed by atoms with E-state index in [9.17, 15) is 17.6 Å². The van der Waals surface area contributed by atoms with E-state index in [1.54, 1.807) is 42.5 Å². The molecule has 3 aromatic rings. The summed E-state index contributed by atoms with van der Waals surface area (Å²) in [5, 5.41) is 0. The lowest BCUT2D eigenvalue weighted by Crippen LogP contribution is -2.26. The fourth-order valence-electron chi connectivity index (χ4n) is 2.86. The minimum Gasteiger partial charge on any atom is -0.426 e. The minimum absolute atomic E-state index is 0.199. The Morgan fingerprint density at radius 2 is 1.63 bits per heavy atom. The van der Waals surface area contributed by atoms with Gasteiger partial charge in [0, 0.05) is 7.05 Å². The van der Waals surface area contributed by atoms with Crippen LogP contribution in [0.15, 0.2) is 71.6 Å². The van der Waals surface area contributed by atoms with Crippen molar-refractivity contribution in [2.24, 2.45) is 0 Å². The molecule has 0 aromatic heterocycles. The second kappa shape index (κ2) is 8.67. The van der Waals surface area contributed by atoms with Gasteiger partial charge in [0.1, 0.15) is 11.6 Å². The van der Waals surface area contributed by atoms with Crippen LogP contribution in [-0.4, -0.2) is 21.4 Å². The van der Waals surface area contributed by atoms with Gasteiger partial charge in [-0.05, 0) is 73.0 Å². The molecule has 0 radical (unpaired) electrons. The molecule has 0 spiro atoms. The summed E-state index contributed by atoms with van der Waals surface area (Å²) in [5.41, 5.74) is 2.57. The maximum absolute atomic E-state index is 13.7. The lowest BCUT2D eigenvalue weighted by atomic mass is 10.1. The molecule has 7 heteroatoms. The number of carbonyl (C=O) groups excluding carboxylic acids is 1.